The van der Waals surface area contributed by atoms with Crippen LogP contribution in [0.5, 0.6) is 0 Å². The molecule has 1 heterocycles. The highest BCUT2D eigenvalue weighted by molar-refractivity contribution is 5.75. The molecular weight excluding hydrogens is 180 g/mol. The molecule has 0 aromatic heterocycles. The Hall–Kier alpha value is -0.770. The molecule has 0 aromatic rings. The Morgan fingerprint density at radius 1 is 1.57 bits per heavy atom. The quantitative estimate of drug-likeness (QED) is 0.744. The summed E-state index contributed by atoms with van der Waals surface area (Å²) in [6.07, 6.45) is 1.16. The van der Waals surface area contributed by atoms with E-state index in [0.29, 0.717) is 13.1 Å². The minimum atomic E-state index is -0.116. The molecule has 1 fully saturated rings. The number of amides is 2. The van der Waals surface area contributed by atoms with E-state index in [1.165, 1.54) is 0 Å². The predicted molar refractivity (Wildman–Crippen MR) is 55.3 cm³/mol. The number of nitrogens with one attached hydrogen (secondary N) is 1. The molecule has 0 aromatic carbocycles. The third kappa shape index (κ3) is 2.61. The molecule has 4 nitrogen and oxygen atoms in total. The van der Waals surface area contributed by atoms with Crippen molar-refractivity contribution in [2.24, 2.45) is 0 Å². The molecule has 0 aliphatic carbocycles. The first-order chi connectivity index (χ1) is 6.48. The van der Waals surface area contributed by atoms with Gasteiger partial charge in [0.2, 0.25) is 0 Å². The summed E-state index contributed by atoms with van der Waals surface area (Å²) in [5.74, 6) is 0. The van der Waals surface area contributed by atoms with Crippen molar-refractivity contribution in [3.63, 3.8) is 0 Å². The summed E-state index contributed by atoms with van der Waals surface area (Å²) < 4.78 is 5.10. The van der Waals surface area contributed by atoms with Crippen molar-refractivity contribution in [2.45, 2.75) is 38.8 Å². The van der Waals surface area contributed by atoms with Crippen molar-refractivity contribution in [2.75, 3.05) is 20.2 Å². The first-order valence-corrected chi connectivity index (χ1v) is 5.08. The Kier molecular flexibility index (Phi) is 3.37. The third-order valence-corrected chi connectivity index (χ3v) is 2.80. The zero-order chi connectivity index (χ0) is 10.8. The second kappa shape index (κ2) is 4.17. The molecule has 0 spiro atoms. The van der Waals surface area contributed by atoms with E-state index in [4.69, 9.17) is 4.74 Å². The number of urea groups is 1. The molecule has 14 heavy (non-hydrogen) atoms. The van der Waals surface area contributed by atoms with Crippen LogP contribution in [0.25, 0.3) is 0 Å². The number of methoxy groups -OCH3 is 1. The molecule has 0 unspecified atom stereocenters. The van der Waals surface area contributed by atoms with Crippen LogP contribution in [0.2, 0.25) is 0 Å². The lowest BCUT2D eigenvalue weighted by molar-refractivity contribution is -0.00902. The van der Waals surface area contributed by atoms with Crippen molar-refractivity contribution in [3.05, 3.63) is 0 Å². The number of rotatable bonds is 3. The molecule has 0 saturated carbocycles. The van der Waals surface area contributed by atoms with Gasteiger partial charge in [0.05, 0.1) is 19.2 Å². The smallest absolute Gasteiger partial charge is 0.317 e. The molecule has 0 bridgehead atoms. The third-order valence-electron chi connectivity index (χ3n) is 2.80. The van der Waals surface area contributed by atoms with Gasteiger partial charge in [0.25, 0.3) is 0 Å². The van der Waals surface area contributed by atoms with Gasteiger partial charge in [0.1, 0.15) is 0 Å². The van der Waals surface area contributed by atoms with Crippen molar-refractivity contribution in [1.82, 2.24) is 10.2 Å². The highest BCUT2D eigenvalue weighted by Gasteiger charge is 2.32. The molecule has 0 radical (unpaired) electrons. The predicted octanol–water partition coefficient (Wildman–Crippen LogP) is 1.22. The molecule has 1 N–H and O–H groups in total. The van der Waals surface area contributed by atoms with Gasteiger partial charge in [-0.1, -0.05) is 6.92 Å². The van der Waals surface area contributed by atoms with Crippen molar-refractivity contribution < 1.29 is 9.53 Å². The van der Waals surface area contributed by atoms with E-state index in [9.17, 15) is 4.79 Å². The Morgan fingerprint density at radius 2 is 2.14 bits per heavy atom. The number of carbonyl (C=O) groups is 1. The van der Waals surface area contributed by atoms with Gasteiger partial charge in [-0.25, -0.2) is 4.79 Å². The summed E-state index contributed by atoms with van der Waals surface area (Å²) >= 11 is 0. The topological polar surface area (TPSA) is 41.6 Å². The van der Waals surface area contributed by atoms with E-state index in [1.54, 1.807) is 12.0 Å². The Morgan fingerprint density at radius 3 is 2.57 bits per heavy atom. The average molecular weight is 200 g/mol. The summed E-state index contributed by atoms with van der Waals surface area (Å²) in [6, 6.07) is 0.0187. The lowest BCUT2D eigenvalue weighted by Gasteiger charge is -2.40. The lowest BCUT2D eigenvalue weighted by atomic mass is 10.0. The molecule has 1 aliphatic rings. The van der Waals surface area contributed by atoms with Crippen LogP contribution < -0.4 is 5.32 Å². The monoisotopic (exact) mass is 200 g/mol. The normalized spacial score (nSPS) is 17.9. The molecule has 0 atom stereocenters. The number of nitrogens with zero attached hydrogens (tertiary/aromatic N) is 1. The van der Waals surface area contributed by atoms with Gasteiger partial charge in [-0.15, -0.1) is 0 Å². The highest BCUT2D eigenvalue weighted by atomic mass is 16.5. The summed E-state index contributed by atoms with van der Waals surface area (Å²) in [4.78, 5) is 13.4. The average Bonchev–Trinajstić information content (AvgIpc) is 2.01. The van der Waals surface area contributed by atoms with Crippen molar-refractivity contribution in [3.8, 4) is 0 Å². The highest BCUT2D eigenvalue weighted by Crippen LogP contribution is 2.13. The zero-order valence-electron chi connectivity index (χ0n) is 9.46. The number of hydrogen-bond donors (Lipinski definition) is 1. The van der Waals surface area contributed by atoms with Gasteiger partial charge in [0, 0.05) is 12.6 Å². The molecule has 2 amide bonds. The van der Waals surface area contributed by atoms with E-state index < -0.39 is 0 Å². The summed E-state index contributed by atoms with van der Waals surface area (Å²) in [5, 5.41) is 2.98. The number of ether oxygens (including phenoxy) is 1. The Balaban J connectivity index is 2.31. The number of carbonyl (C=O) groups excluding carboxylic acids is 1. The van der Waals surface area contributed by atoms with Crippen LogP contribution >= 0.6 is 0 Å². The Labute approximate surface area is 85.6 Å². The molecule has 1 aliphatic heterocycles. The van der Waals surface area contributed by atoms with E-state index in [0.717, 1.165) is 6.42 Å². The van der Waals surface area contributed by atoms with E-state index in [-0.39, 0.29) is 17.7 Å². The van der Waals surface area contributed by atoms with Crippen LogP contribution in [0.3, 0.4) is 0 Å². The van der Waals surface area contributed by atoms with E-state index in [1.807, 2.05) is 13.8 Å². The van der Waals surface area contributed by atoms with E-state index in [2.05, 4.69) is 12.2 Å². The fraction of sp³-hybridized carbons (Fsp3) is 0.900. The van der Waals surface area contributed by atoms with Gasteiger partial charge >= 0.3 is 6.03 Å². The maximum atomic E-state index is 11.6. The minimum Gasteiger partial charge on any atom is -0.378 e. The number of likely N-dealkylation sites (tertiary alicyclic amines) is 1. The summed E-state index contributed by atoms with van der Waals surface area (Å²) in [5.41, 5.74) is -0.116. The fourth-order valence-corrected chi connectivity index (χ4v) is 1.21. The maximum absolute atomic E-state index is 11.6. The standard InChI is InChI=1S/C10H20N2O2/c1-5-10(2,3)11-9(13)12-6-8(7-12)14-4/h8H,5-7H2,1-4H3,(H,11,13). The molecule has 1 saturated heterocycles. The first kappa shape index (κ1) is 11.3. The van der Waals surface area contributed by atoms with Crippen LogP contribution in [0, 0.1) is 0 Å². The van der Waals surface area contributed by atoms with Gasteiger partial charge < -0.3 is 15.0 Å². The van der Waals surface area contributed by atoms with Crippen LogP contribution in [-0.2, 0) is 4.74 Å². The van der Waals surface area contributed by atoms with Crippen LogP contribution in [0.15, 0.2) is 0 Å². The summed E-state index contributed by atoms with van der Waals surface area (Å²) in [7, 11) is 1.68. The largest absolute Gasteiger partial charge is 0.378 e. The molecule has 1 rings (SSSR count). The van der Waals surface area contributed by atoms with Gasteiger partial charge in [0.15, 0.2) is 0 Å². The SMILES string of the molecule is CCC(C)(C)NC(=O)N1CC(OC)C1. The van der Waals surface area contributed by atoms with Crippen LogP contribution in [0.4, 0.5) is 4.79 Å². The van der Waals surface area contributed by atoms with Crippen LogP contribution in [-0.4, -0.2) is 42.8 Å². The lowest BCUT2D eigenvalue weighted by Crippen LogP contribution is -2.60. The zero-order valence-corrected chi connectivity index (χ0v) is 9.46. The van der Waals surface area contributed by atoms with Gasteiger partial charge in [-0.05, 0) is 20.3 Å². The first-order valence-electron chi connectivity index (χ1n) is 5.08. The van der Waals surface area contributed by atoms with Crippen molar-refractivity contribution in [1.29, 1.82) is 0 Å². The fourth-order valence-electron chi connectivity index (χ4n) is 1.21. The second-order valence-corrected chi connectivity index (χ2v) is 4.43. The minimum absolute atomic E-state index is 0.0187. The Bertz CT molecular complexity index is 210. The summed E-state index contributed by atoms with van der Waals surface area (Å²) in [6.45, 7) is 7.54. The maximum Gasteiger partial charge on any atom is 0.317 e. The van der Waals surface area contributed by atoms with E-state index >= 15 is 0 Å². The molecular formula is C10H20N2O2. The van der Waals surface area contributed by atoms with Crippen molar-refractivity contribution >= 4 is 6.03 Å². The van der Waals surface area contributed by atoms with Gasteiger partial charge in [-0.3, -0.25) is 0 Å². The molecule has 4 heteroatoms. The van der Waals surface area contributed by atoms with Gasteiger partial charge in [-0.2, -0.15) is 0 Å². The number of hydrogen-bond acceptors (Lipinski definition) is 2. The second-order valence-electron chi connectivity index (χ2n) is 4.43. The van der Waals surface area contributed by atoms with Crippen LogP contribution in [0.1, 0.15) is 27.2 Å². The molecule has 82 valence electrons.